The van der Waals surface area contributed by atoms with Gasteiger partial charge in [0.2, 0.25) is 0 Å². The lowest BCUT2D eigenvalue weighted by Crippen LogP contribution is -2.05. The van der Waals surface area contributed by atoms with Crippen molar-refractivity contribution in [3.63, 3.8) is 0 Å². The van der Waals surface area contributed by atoms with Crippen LogP contribution in [0.2, 0.25) is 0 Å². The van der Waals surface area contributed by atoms with Gasteiger partial charge in [-0.1, -0.05) is 12.1 Å². The summed E-state index contributed by atoms with van der Waals surface area (Å²) in [5.41, 5.74) is 6.97. The second kappa shape index (κ2) is 5.18. The number of nitrogen functional groups attached to an aromatic ring is 1. The SMILES string of the molecule is CCOC(=O)c1cc(-c2ccc(F)cc2)sc1N. The monoisotopic (exact) mass is 265 g/mol. The zero-order valence-corrected chi connectivity index (χ0v) is 10.6. The molecule has 0 radical (unpaired) electrons. The number of hydrogen-bond acceptors (Lipinski definition) is 4. The normalized spacial score (nSPS) is 10.3. The molecule has 0 fully saturated rings. The Kier molecular flexibility index (Phi) is 3.62. The van der Waals surface area contributed by atoms with E-state index in [9.17, 15) is 9.18 Å². The van der Waals surface area contributed by atoms with E-state index in [1.165, 1.54) is 23.5 Å². The van der Waals surface area contributed by atoms with Gasteiger partial charge in [-0.2, -0.15) is 0 Å². The first-order valence-corrected chi connectivity index (χ1v) is 6.26. The first kappa shape index (κ1) is 12.6. The summed E-state index contributed by atoms with van der Waals surface area (Å²) in [4.78, 5) is 12.4. The van der Waals surface area contributed by atoms with Crippen LogP contribution in [0.25, 0.3) is 10.4 Å². The van der Waals surface area contributed by atoms with Gasteiger partial charge in [-0.05, 0) is 30.7 Å². The molecule has 2 N–H and O–H groups in total. The van der Waals surface area contributed by atoms with Gasteiger partial charge in [0.25, 0.3) is 0 Å². The Bertz CT molecular complexity index is 563. The fourth-order valence-electron chi connectivity index (χ4n) is 1.53. The van der Waals surface area contributed by atoms with Gasteiger partial charge in [-0.15, -0.1) is 11.3 Å². The first-order chi connectivity index (χ1) is 8.61. The summed E-state index contributed by atoms with van der Waals surface area (Å²) < 4.78 is 17.7. The Balaban J connectivity index is 2.34. The van der Waals surface area contributed by atoms with Crippen molar-refractivity contribution >= 4 is 22.3 Å². The lowest BCUT2D eigenvalue weighted by atomic mass is 10.1. The molecule has 0 amide bonds. The van der Waals surface area contributed by atoms with Gasteiger partial charge in [0.05, 0.1) is 12.2 Å². The molecular formula is C13H12FNO2S. The molecule has 0 aliphatic carbocycles. The third kappa shape index (κ3) is 2.51. The van der Waals surface area contributed by atoms with E-state index < -0.39 is 5.97 Å². The van der Waals surface area contributed by atoms with Crippen molar-refractivity contribution in [1.29, 1.82) is 0 Å². The van der Waals surface area contributed by atoms with Gasteiger partial charge >= 0.3 is 5.97 Å². The van der Waals surface area contributed by atoms with E-state index in [4.69, 9.17) is 10.5 Å². The summed E-state index contributed by atoms with van der Waals surface area (Å²) in [5, 5.41) is 0.410. The van der Waals surface area contributed by atoms with Crippen LogP contribution >= 0.6 is 11.3 Å². The van der Waals surface area contributed by atoms with Crippen LogP contribution in [-0.4, -0.2) is 12.6 Å². The van der Waals surface area contributed by atoms with E-state index in [-0.39, 0.29) is 5.82 Å². The Morgan fingerprint density at radius 3 is 2.67 bits per heavy atom. The fraction of sp³-hybridized carbons (Fsp3) is 0.154. The average molecular weight is 265 g/mol. The van der Waals surface area contributed by atoms with Crippen LogP contribution in [0.15, 0.2) is 30.3 Å². The quantitative estimate of drug-likeness (QED) is 0.866. The number of esters is 1. The van der Waals surface area contributed by atoms with Gasteiger partial charge in [-0.3, -0.25) is 0 Å². The predicted octanol–water partition coefficient (Wildman–Crippen LogP) is 3.31. The summed E-state index contributed by atoms with van der Waals surface area (Å²) in [6, 6.07) is 7.71. The van der Waals surface area contributed by atoms with Crippen molar-refractivity contribution in [2.24, 2.45) is 0 Å². The average Bonchev–Trinajstić information content (AvgIpc) is 2.72. The van der Waals surface area contributed by atoms with E-state index in [0.717, 1.165) is 10.4 Å². The number of rotatable bonds is 3. The van der Waals surface area contributed by atoms with Crippen molar-refractivity contribution in [3.8, 4) is 10.4 Å². The molecule has 0 saturated carbocycles. The van der Waals surface area contributed by atoms with Gasteiger partial charge in [0, 0.05) is 4.88 Å². The number of benzene rings is 1. The number of ether oxygens (including phenoxy) is 1. The maximum Gasteiger partial charge on any atom is 0.341 e. The molecule has 5 heteroatoms. The molecule has 94 valence electrons. The standard InChI is InChI=1S/C13H12FNO2S/c1-2-17-13(16)10-7-11(18-12(10)15)8-3-5-9(14)6-4-8/h3-7H,2,15H2,1H3. The molecule has 0 spiro atoms. The minimum Gasteiger partial charge on any atom is -0.462 e. The number of carbonyl (C=O) groups is 1. The summed E-state index contributed by atoms with van der Waals surface area (Å²) in [5.74, 6) is -0.728. The molecule has 18 heavy (non-hydrogen) atoms. The van der Waals surface area contributed by atoms with Crippen LogP contribution in [-0.2, 0) is 4.74 Å². The molecule has 0 saturated heterocycles. The fourth-order valence-corrected chi connectivity index (χ4v) is 2.45. The molecule has 3 nitrogen and oxygen atoms in total. The van der Waals surface area contributed by atoms with Crippen LogP contribution < -0.4 is 5.73 Å². The summed E-state index contributed by atoms with van der Waals surface area (Å²) in [6.45, 7) is 2.04. The van der Waals surface area contributed by atoms with Gasteiger partial charge in [-0.25, -0.2) is 9.18 Å². The number of hydrogen-bond donors (Lipinski definition) is 1. The molecule has 0 bridgehead atoms. The van der Waals surface area contributed by atoms with Crippen LogP contribution in [0.3, 0.4) is 0 Å². The minimum absolute atomic E-state index is 0.297. The highest BCUT2D eigenvalue weighted by atomic mass is 32.1. The second-order valence-corrected chi connectivity index (χ2v) is 4.70. The Morgan fingerprint density at radius 1 is 1.39 bits per heavy atom. The van der Waals surface area contributed by atoms with Crippen molar-refractivity contribution in [3.05, 3.63) is 41.7 Å². The van der Waals surface area contributed by atoms with Crippen molar-refractivity contribution in [2.75, 3.05) is 12.3 Å². The van der Waals surface area contributed by atoms with Gasteiger partial charge in [0.15, 0.2) is 0 Å². The van der Waals surface area contributed by atoms with Gasteiger partial charge in [0.1, 0.15) is 10.8 Å². The van der Waals surface area contributed by atoms with Crippen LogP contribution in [0.4, 0.5) is 9.39 Å². The Hall–Kier alpha value is -1.88. The van der Waals surface area contributed by atoms with Crippen LogP contribution in [0.5, 0.6) is 0 Å². The highest BCUT2D eigenvalue weighted by molar-refractivity contribution is 7.19. The van der Waals surface area contributed by atoms with Crippen LogP contribution in [0, 0.1) is 5.82 Å². The molecule has 2 rings (SSSR count). The molecule has 1 aromatic heterocycles. The zero-order chi connectivity index (χ0) is 13.1. The van der Waals surface area contributed by atoms with Crippen molar-refractivity contribution in [2.45, 2.75) is 6.92 Å². The van der Waals surface area contributed by atoms with Gasteiger partial charge < -0.3 is 10.5 Å². The number of carbonyl (C=O) groups excluding carboxylic acids is 1. The maximum atomic E-state index is 12.8. The van der Waals surface area contributed by atoms with E-state index in [1.54, 1.807) is 25.1 Å². The topological polar surface area (TPSA) is 52.3 Å². The zero-order valence-electron chi connectivity index (χ0n) is 9.77. The first-order valence-electron chi connectivity index (χ1n) is 5.44. The smallest absolute Gasteiger partial charge is 0.341 e. The molecule has 1 aromatic carbocycles. The van der Waals surface area contributed by atoms with E-state index >= 15 is 0 Å². The molecule has 2 aromatic rings. The molecule has 0 aliphatic heterocycles. The molecule has 0 unspecified atom stereocenters. The Morgan fingerprint density at radius 2 is 2.06 bits per heavy atom. The predicted molar refractivity (Wildman–Crippen MR) is 70.1 cm³/mol. The minimum atomic E-state index is -0.431. The molecule has 1 heterocycles. The van der Waals surface area contributed by atoms with E-state index in [1.807, 2.05) is 0 Å². The molecule has 0 atom stereocenters. The number of nitrogens with two attached hydrogens (primary N) is 1. The third-order valence-corrected chi connectivity index (χ3v) is 3.40. The highest BCUT2D eigenvalue weighted by Crippen LogP contribution is 2.33. The number of anilines is 1. The summed E-state index contributed by atoms with van der Waals surface area (Å²) in [7, 11) is 0. The van der Waals surface area contributed by atoms with Crippen molar-refractivity contribution in [1.82, 2.24) is 0 Å². The van der Waals surface area contributed by atoms with E-state index in [2.05, 4.69) is 0 Å². The Labute approximate surface area is 108 Å². The maximum absolute atomic E-state index is 12.8. The third-order valence-electron chi connectivity index (χ3n) is 2.38. The summed E-state index contributed by atoms with van der Waals surface area (Å²) >= 11 is 1.28. The lowest BCUT2D eigenvalue weighted by molar-refractivity contribution is 0.0528. The number of halogens is 1. The summed E-state index contributed by atoms with van der Waals surface area (Å²) in [6.07, 6.45) is 0. The second-order valence-electron chi connectivity index (χ2n) is 3.62. The van der Waals surface area contributed by atoms with E-state index in [0.29, 0.717) is 17.2 Å². The van der Waals surface area contributed by atoms with Crippen LogP contribution in [0.1, 0.15) is 17.3 Å². The molecule has 0 aliphatic rings. The molecular weight excluding hydrogens is 253 g/mol. The lowest BCUT2D eigenvalue weighted by Gasteiger charge is -1.98. The van der Waals surface area contributed by atoms with Crippen molar-refractivity contribution < 1.29 is 13.9 Å². The highest BCUT2D eigenvalue weighted by Gasteiger charge is 2.15. The number of thiophene rings is 1. The largest absolute Gasteiger partial charge is 0.462 e.